The monoisotopic (exact) mass is 657 g/mol. The summed E-state index contributed by atoms with van der Waals surface area (Å²) in [5.41, 5.74) is 2.93. The molecule has 0 aliphatic carbocycles. The smallest absolute Gasteiger partial charge is 0.410 e. The molecular formula is C30H39N7O6S2. The lowest BCUT2D eigenvalue weighted by Gasteiger charge is -2.45. The fourth-order valence-corrected chi connectivity index (χ4v) is 7.00. The molecule has 5 rings (SSSR count). The van der Waals surface area contributed by atoms with Gasteiger partial charge in [-0.3, -0.25) is 14.4 Å². The SMILES string of the molecule is COc1nc2c(C(=O)Nc3cc(CNS(C)(=O)=O)c4nn(C)cc4c3)ccc(N3C[C@H](C)N(C(=O)OC(C)(C)C)[C@@H](C)C3)c2s1. The summed E-state index contributed by atoms with van der Waals surface area (Å²) in [5, 5.41) is 8.60. The number of carbonyl (C=O) groups is 2. The molecule has 0 bridgehead atoms. The van der Waals surface area contributed by atoms with Crippen molar-refractivity contribution in [1.82, 2.24) is 24.4 Å². The second kappa shape index (κ2) is 12.1. The van der Waals surface area contributed by atoms with Gasteiger partial charge in [0.25, 0.3) is 11.1 Å². The molecule has 2 N–H and O–H groups in total. The molecule has 0 spiro atoms. The van der Waals surface area contributed by atoms with Crippen LogP contribution in [0.15, 0.2) is 30.5 Å². The van der Waals surface area contributed by atoms with Crippen molar-refractivity contribution in [3.05, 3.63) is 41.6 Å². The maximum Gasteiger partial charge on any atom is 0.410 e. The van der Waals surface area contributed by atoms with Crippen LogP contribution in [-0.4, -0.2) is 84.2 Å². The number of nitrogens with zero attached hydrogens (tertiary/aromatic N) is 5. The molecule has 0 unspecified atom stereocenters. The number of anilines is 2. The van der Waals surface area contributed by atoms with Gasteiger partial charge in [-0.15, -0.1) is 0 Å². The van der Waals surface area contributed by atoms with Gasteiger partial charge in [-0.1, -0.05) is 11.3 Å². The van der Waals surface area contributed by atoms with Gasteiger partial charge in [0, 0.05) is 44.0 Å². The molecule has 45 heavy (non-hydrogen) atoms. The topological polar surface area (TPSA) is 148 Å². The normalized spacial score (nSPS) is 17.6. The summed E-state index contributed by atoms with van der Waals surface area (Å²) in [5.74, 6) is -0.374. The number of hydrogen-bond acceptors (Lipinski definition) is 10. The van der Waals surface area contributed by atoms with Gasteiger partial charge in [0.1, 0.15) is 11.1 Å². The summed E-state index contributed by atoms with van der Waals surface area (Å²) < 4.78 is 39.6. The molecule has 2 aromatic heterocycles. The zero-order valence-electron chi connectivity index (χ0n) is 26.7. The number of rotatable bonds is 7. The number of amides is 2. The van der Waals surface area contributed by atoms with Gasteiger partial charge in [0.15, 0.2) is 0 Å². The van der Waals surface area contributed by atoms with Crippen LogP contribution >= 0.6 is 11.3 Å². The molecule has 15 heteroatoms. The van der Waals surface area contributed by atoms with Gasteiger partial charge in [0.2, 0.25) is 10.0 Å². The van der Waals surface area contributed by atoms with Crippen molar-refractivity contribution in [3.8, 4) is 5.19 Å². The molecule has 2 aromatic carbocycles. The largest absolute Gasteiger partial charge is 0.473 e. The van der Waals surface area contributed by atoms with E-state index < -0.39 is 15.6 Å². The van der Waals surface area contributed by atoms with Crippen LogP contribution in [0.4, 0.5) is 16.2 Å². The van der Waals surface area contributed by atoms with E-state index >= 15 is 0 Å². The number of sulfonamides is 1. The van der Waals surface area contributed by atoms with Crippen molar-refractivity contribution in [1.29, 1.82) is 0 Å². The Morgan fingerprint density at radius 3 is 2.42 bits per heavy atom. The summed E-state index contributed by atoms with van der Waals surface area (Å²) >= 11 is 1.35. The van der Waals surface area contributed by atoms with Gasteiger partial charge >= 0.3 is 6.09 Å². The molecule has 1 aliphatic heterocycles. The number of hydrogen-bond donors (Lipinski definition) is 2. The minimum atomic E-state index is -3.44. The van der Waals surface area contributed by atoms with Crippen LogP contribution in [0, 0.1) is 0 Å². The first-order chi connectivity index (χ1) is 21.0. The Bertz CT molecular complexity index is 1870. The number of ether oxygens (including phenoxy) is 2. The van der Waals surface area contributed by atoms with Crippen LogP contribution in [0.5, 0.6) is 5.19 Å². The third-order valence-corrected chi connectivity index (χ3v) is 9.08. The Morgan fingerprint density at radius 2 is 1.80 bits per heavy atom. The van der Waals surface area contributed by atoms with Crippen LogP contribution in [0.2, 0.25) is 0 Å². The van der Waals surface area contributed by atoms with Gasteiger partial charge in [-0.2, -0.15) is 5.10 Å². The number of carbonyl (C=O) groups excluding carboxylic acids is 2. The molecular weight excluding hydrogens is 619 g/mol. The zero-order valence-corrected chi connectivity index (χ0v) is 28.3. The van der Waals surface area contributed by atoms with Crippen molar-refractivity contribution in [2.24, 2.45) is 7.05 Å². The number of aromatic nitrogens is 3. The zero-order chi connectivity index (χ0) is 32.8. The molecule has 2 amide bonds. The molecule has 3 heterocycles. The predicted octanol–water partition coefficient (Wildman–Crippen LogP) is 4.33. The van der Waals surface area contributed by atoms with E-state index in [1.165, 1.54) is 18.4 Å². The summed E-state index contributed by atoms with van der Waals surface area (Å²) in [6.45, 7) is 10.7. The highest BCUT2D eigenvalue weighted by molar-refractivity contribution is 7.88. The molecule has 13 nitrogen and oxygen atoms in total. The van der Waals surface area contributed by atoms with E-state index in [4.69, 9.17) is 9.47 Å². The van der Waals surface area contributed by atoms with Crippen LogP contribution in [-0.2, 0) is 28.4 Å². The first-order valence-electron chi connectivity index (χ1n) is 14.5. The lowest BCUT2D eigenvalue weighted by Crippen LogP contribution is -2.59. The summed E-state index contributed by atoms with van der Waals surface area (Å²) in [7, 11) is -0.129. The van der Waals surface area contributed by atoms with Gasteiger partial charge < -0.3 is 19.7 Å². The Hall–Kier alpha value is -3.95. The molecule has 0 radical (unpaired) electrons. The van der Waals surface area contributed by atoms with Crippen molar-refractivity contribution in [3.63, 3.8) is 0 Å². The molecule has 2 atom stereocenters. The quantitative estimate of drug-likeness (QED) is 0.296. The molecule has 242 valence electrons. The van der Waals surface area contributed by atoms with Crippen molar-refractivity contribution in [2.45, 2.75) is 58.8 Å². The molecule has 4 aromatic rings. The van der Waals surface area contributed by atoms with E-state index in [1.807, 2.05) is 40.7 Å². The first kappa shape index (κ1) is 32.4. The number of piperazine rings is 1. The van der Waals surface area contributed by atoms with Gasteiger partial charge in [-0.25, -0.2) is 22.9 Å². The fraction of sp³-hybridized carbons (Fsp3) is 0.467. The third kappa shape index (κ3) is 7.15. The van der Waals surface area contributed by atoms with E-state index in [1.54, 1.807) is 41.0 Å². The van der Waals surface area contributed by atoms with Crippen LogP contribution in [0.1, 0.15) is 50.5 Å². The van der Waals surface area contributed by atoms with Crippen LogP contribution < -0.4 is 19.7 Å². The summed E-state index contributed by atoms with van der Waals surface area (Å²) in [4.78, 5) is 35.3. The highest BCUT2D eigenvalue weighted by Crippen LogP contribution is 2.39. The van der Waals surface area contributed by atoms with E-state index in [9.17, 15) is 18.0 Å². The van der Waals surface area contributed by atoms with Crippen molar-refractivity contribution >= 4 is 65.9 Å². The Labute approximate surface area is 266 Å². The summed E-state index contributed by atoms with van der Waals surface area (Å²) in [6, 6.07) is 6.92. The number of thiazole rings is 1. The molecule has 1 aliphatic rings. The standard InChI is InChI=1S/C30H39N7O6S2/c1-17-14-36(15-18(2)37(17)29(39)43-30(3,4)5)23-10-9-22(25-26(23)44-28(33-25)42-7)27(38)32-21-11-19(13-31-45(8,40)41)24-20(12-21)16-35(6)34-24/h9-12,16-18,31H,13-15H2,1-8H3,(H,32,38)/t17-,18-/m0/s1. The third-order valence-electron chi connectivity index (χ3n) is 7.37. The van der Waals surface area contributed by atoms with Gasteiger partial charge in [0.05, 0.1) is 46.9 Å². The number of methoxy groups -OCH3 is 1. The minimum absolute atomic E-state index is 0.0241. The number of aryl methyl sites for hydroxylation is 1. The molecule has 1 fully saturated rings. The predicted molar refractivity (Wildman–Crippen MR) is 176 cm³/mol. The van der Waals surface area contributed by atoms with E-state index in [0.29, 0.717) is 46.1 Å². The second-order valence-electron chi connectivity index (χ2n) is 12.4. The number of nitrogens with one attached hydrogen (secondary N) is 2. The highest BCUT2D eigenvalue weighted by atomic mass is 32.2. The lowest BCUT2D eigenvalue weighted by atomic mass is 10.1. The number of benzene rings is 2. The fourth-order valence-electron chi connectivity index (χ4n) is 5.63. The van der Waals surface area contributed by atoms with E-state index in [-0.39, 0.29) is 30.6 Å². The molecule has 0 saturated carbocycles. The van der Waals surface area contributed by atoms with E-state index in [2.05, 4.69) is 25.0 Å². The van der Waals surface area contributed by atoms with E-state index in [0.717, 1.165) is 22.0 Å². The second-order valence-corrected chi connectivity index (χ2v) is 15.2. The maximum absolute atomic E-state index is 13.7. The summed E-state index contributed by atoms with van der Waals surface area (Å²) in [6.07, 6.45) is 2.56. The van der Waals surface area contributed by atoms with Crippen molar-refractivity contribution in [2.75, 3.05) is 36.7 Å². The number of fused-ring (bicyclic) bond motifs is 2. The Morgan fingerprint density at radius 1 is 1.11 bits per heavy atom. The van der Waals surface area contributed by atoms with Crippen LogP contribution in [0.3, 0.4) is 0 Å². The Kier molecular flexibility index (Phi) is 8.72. The Balaban J connectivity index is 1.44. The van der Waals surface area contributed by atoms with Gasteiger partial charge in [-0.05, 0) is 64.4 Å². The molecule has 1 saturated heterocycles. The minimum Gasteiger partial charge on any atom is -0.473 e. The van der Waals surface area contributed by atoms with Crippen LogP contribution in [0.25, 0.3) is 21.1 Å². The lowest BCUT2D eigenvalue weighted by molar-refractivity contribution is 0.00566. The average Bonchev–Trinajstić information content (AvgIpc) is 3.52. The average molecular weight is 658 g/mol. The van der Waals surface area contributed by atoms with Crippen molar-refractivity contribution < 1.29 is 27.5 Å². The highest BCUT2D eigenvalue weighted by Gasteiger charge is 2.36. The first-order valence-corrected chi connectivity index (χ1v) is 17.2. The maximum atomic E-state index is 13.7.